The van der Waals surface area contributed by atoms with Gasteiger partial charge in [-0.1, -0.05) is 5.92 Å². The first kappa shape index (κ1) is 9.87. The average molecular weight is 158 g/mol. The van der Waals surface area contributed by atoms with Gasteiger partial charge < -0.3 is 0 Å². The summed E-state index contributed by atoms with van der Waals surface area (Å²) in [6.07, 6.45) is 4.89. The van der Waals surface area contributed by atoms with Crippen molar-refractivity contribution in [2.45, 2.75) is 0 Å². The molecule has 0 aromatic heterocycles. The summed E-state index contributed by atoms with van der Waals surface area (Å²) in [6, 6.07) is 0. The maximum Gasteiger partial charge on any atom is 0.265 e. The van der Waals surface area contributed by atoms with Crippen molar-refractivity contribution in [1.29, 1.82) is 0 Å². The number of nitrogens with two attached hydrogens (primary N) is 2. The summed E-state index contributed by atoms with van der Waals surface area (Å²) in [6.45, 7) is -0.193. The van der Waals surface area contributed by atoms with E-state index in [4.69, 9.17) is 18.1 Å². The number of carbonyl (C=O) groups excluding carboxylic acids is 1. The summed E-state index contributed by atoms with van der Waals surface area (Å²) >= 11 is 0. The van der Waals surface area contributed by atoms with E-state index in [1.807, 2.05) is 5.59 Å². The van der Waals surface area contributed by atoms with Crippen LogP contribution in [-0.2, 0) is 9.63 Å². The van der Waals surface area contributed by atoms with Crippen molar-refractivity contribution in [3.8, 4) is 12.3 Å². The number of nitrogens with zero attached hydrogens (tertiary/aromatic N) is 1. The molecule has 62 valence electrons. The van der Waals surface area contributed by atoms with Crippen LogP contribution in [0.1, 0.15) is 0 Å². The van der Waals surface area contributed by atoms with Crippen LogP contribution in [0.15, 0.2) is 0 Å². The van der Waals surface area contributed by atoms with E-state index < -0.39 is 5.91 Å². The second-order valence-corrected chi connectivity index (χ2v) is 1.63. The Morgan fingerprint density at radius 1 is 1.82 bits per heavy atom. The summed E-state index contributed by atoms with van der Waals surface area (Å²) in [5.41, 5.74) is 1.84. The number of amides is 1. The van der Waals surface area contributed by atoms with Gasteiger partial charge in [-0.25, -0.2) is 11.7 Å². The smallest absolute Gasteiger partial charge is 0.265 e. The molecule has 0 fully saturated rings. The van der Waals surface area contributed by atoms with Gasteiger partial charge in [0.2, 0.25) is 0 Å². The first-order valence-corrected chi connectivity index (χ1v) is 2.78. The van der Waals surface area contributed by atoms with E-state index in [1.165, 1.54) is 0 Å². The van der Waals surface area contributed by atoms with E-state index >= 15 is 0 Å². The van der Waals surface area contributed by atoms with Crippen molar-refractivity contribution < 1.29 is 9.63 Å². The summed E-state index contributed by atoms with van der Waals surface area (Å²) in [4.78, 5) is 15.1. The van der Waals surface area contributed by atoms with Gasteiger partial charge in [-0.3, -0.25) is 14.6 Å². The Morgan fingerprint density at radius 2 is 2.45 bits per heavy atom. The molecular formula is C5H10N4O2. The van der Waals surface area contributed by atoms with Gasteiger partial charge in [-0.15, -0.1) is 12.0 Å². The number of hydrogen-bond donors (Lipinski definition) is 3. The lowest BCUT2D eigenvalue weighted by Crippen LogP contribution is -2.41. The molecule has 0 heterocycles. The number of carbonyl (C=O) groups is 1. The van der Waals surface area contributed by atoms with Gasteiger partial charge in [0.25, 0.3) is 5.91 Å². The third-order valence-corrected chi connectivity index (χ3v) is 0.861. The maximum atomic E-state index is 10.8. The molecule has 6 heteroatoms. The molecule has 0 unspecified atom stereocenters. The molecule has 0 aliphatic heterocycles. The molecule has 0 aliphatic carbocycles. The molecule has 0 bridgehead atoms. The van der Waals surface area contributed by atoms with Crippen LogP contribution in [0.2, 0.25) is 0 Å². The first-order chi connectivity index (χ1) is 5.22. The number of hydrogen-bond acceptors (Lipinski definition) is 5. The summed E-state index contributed by atoms with van der Waals surface area (Å²) in [5, 5.41) is 0.858. The lowest BCUT2D eigenvalue weighted by atomic mass is 10.5. The number of rotatable bonds is 4. The van der Waals surface area contributed by atoms with E-state index in [2.05, 4.69) is 10.8 Å². The van der Waals surface area contributed by atoms with E-state index in [0.29, 0.717) is 0 Å². The van der Waals surface area contributed by atoms with Crippen LogP contribution in [0.5, 0.6) is 0 Å². The first-order valence-electron chi connectivity index (χ1n) is 2.78. The molecule has 0 aliphatic rings. The summed E-state index contributed by atoms with van der Waals surface area (Å²) in [7, 11) is 0. The fourth-order valence-corrected chi connectivity index (χ4v) is 0.373. The molecule has 1 amide bonds. The van der Waals surface area contributed by atoms with Crippen LogP contribution in [0, 0.1) is 12.3 Å². The summed E-state index contributed by atoms with van der Waals surface area (Å²) in [5.74, 6) is 11.6. The number of terminal acetylenes is 1. The Balaban J connectivity index is 3.57. The van der Waals surface area contributed by atoms with Crippen molar-refractivity contribution in [1.82, 2.24) is 10.6 Å². The van der Waals surface area contributed by atoms with Gasteiger partial charge in [0.1, 0.15) is 6.61 Å². The third kappa shape index (κ3) is 4.30. The van der Waals surface area contributed by atoms with Crippen molar-refractivity contribution in [2.24, 2.45) is 11.7 Å². The van der Waals surface area contributed by atoms with E-state index in [1.54, 1.807) is 0 Å². The predicted octanol–water partition coefficient (Wildman–Crippen LogP) is -2.28. The molecule has 0 saturated heterocycles. The zero-order chi connectivity index (χ0) is 8.69. The standard InChI is InChI=1S/C5H10N4O2/c1-2-3-9(7)5(10)4-11-8-6/h1,8H,3-4,6-7H2. The highest BCUT2D eigenvalue weighted by atomic mass is 16.7. The summed E-state index contributed by atoms with van der Waals surface area (Å²) < 4.78 is 0. The Hall–Kier alpha value is -1.13. The molecule has 0 radical (unpaired) electrons. The van der Waals surface area contributed by atoms with Crippen LogP contribution in [0.4, 0.5) is 0 Å². The largest absolute Gasteiger partial charge is 0.277 e. The highest BCUT2D eigenvalue weighted by Gasteiger charge is 2.06. The van der Waals surface area contributed by atoms with Crippen molar-refractivity contribution in [2.75, 3.05) is 13.2 Å². The second-order valence-electron chi connectivity index (χ2n) is 1.63. The van der Waals surface area contributed by atoms with Crippen LogP contribution in [-0.4, -0.2) is 24.1 Å². The average Bonchev–Trinajstić information content (AvgIpc) is 2.00. The van der Waals surface area contributed by atoms with Crippen molar-refractivity contribution >= 4 is 5.91 Å². The second kappa shape index (κ2) is 5.64. The third-order valence-electron chi connectivity index (χ3n) is 0.861. The lowest BCUT2D eigenvalue weighted by Gasteiger charge is -2.11. The minimum absolute atomic E-state index is 0.0484. The van der Waals surface area contributed by atoms with Gasteiger partial charge in [0, 0.05) is 0 Å². The van der Waals surface area contributed by atoms with E-state index in [-0.39, 0.29) is 13.2 Å². The van der Waals surface area contributed by atoms with Gasteiger partial charge in [0.05, 0.1) is 6.54 Å². The zero-order valence-corrected chi connectivity index (χ0v) is 5.91. The van der Waals surface area contributed by atoms with Crippen LogP contribution >= 0.6 is 0 Å². The highest BCUT2D eigenvalue weighted by Crippen LogP contribution is 1.78. The quantitative estimate of drug-likeness (QED) is 0.185. The molecule has 0 aromatic rings. The molecule has 0 atom stereocenters. The minimum Gasteiger partial charge on any atom is -0.277 e. The molecule has 6 nitrogen and oxygen atoms in total. The number of hydrazine groups is 2. The molecule has 11 heavy (non-hydrogen) atoms. The van der Waals surface area contributed by atoms with Crippen molar-refractivity contribution in [3.63, 3.8) is 0 Å². The highest BCUT2D eigenvalue weighted by molar-refractivity contribution is 5.76. The molecular weight excluding hydrogens is 148 g/mol. The molecule has 5 N–H and O–H groups in total. The van der Waals surface area contributed by atoms with Crippen LogP contribution in [0.25, 0.3) is 0 Å². The Morgan fingerprint density at radius 3 is 2.91 bits per heavy atom. The van der Waals surface area contributed by atoms with Gasteiger partial charge in [-0.2, -0.15) is 0 Å². The molecule has 0 aromatic carbocycles. The van der Waals surface area contributed by atoms with Crippen molar-refractivity contribution in [3.05, 3.63) is 0 Å². The molecule has 0 spiro atoms. The minimum atomic E-state index is -0.444. The van der Waals surface area contributed by atoms with Gasteiger partial charge in [-0.05, 0) is 0 Å². The Kier molecular flexibility index (Phi) is 5.06. The topological polar surface area (TPSA) is 93.6 Å². The fraction of sp³-hybridized carbons (Fsp3) is 0.400. The monoisotopic (exact) mass is 158 g/mol. The molecule has 0 rings (SSSR count). The van der Waals surface area contributed by atoms with Gasteiger partial charge >= 0.3 is 0 Å². The normalized spacial score (nSPS) is 8.82. The van der Waals surface area contributed by atoms with E-state index in [9.17, 15) is 4.79 Å². The van der Waals surface area contributed by atoms with Crippen LogP contribution < -0.4 is 17.3 Å². The predicted molar refractivity (Wildman–Crippen MR) is 38.0 cm³/mol. The van der Waals surface area contributed by atoms with Crippen LogP contribution in [0.3, 0.4) is 0 Å². The Labute approximate surface area is 64.4 Å². The van der Waals surface area contributed by atoms with Gasteiger partial charge in [0.15, 0.2) is 0 Å². The molecule has 0 saturated carbocycles. The fourth-order valence-electron chi connectivity index (χ4n) is 0.373. The Bertz CT molecular complexity index is 164. The maximum absolute atomic E-state index is 10.8. The SMILES string of the molecule is C#CCN(N)C(=O)CONN. The lowest BCUT2D eigenvalue weighted by molar-refractivity contribution is -0.138. The zero-order valence-electron chi connectivity index (χ0n) is 5.91. The van der Waals surface area contributed by atoms with E-state index in [0.717, 1.165) is 5.01 Å². The number of nitrogens with one attached hydrogen (secondary N) is 1.